The molecule has 0 heterocycles. The molecule has 1 aromatic carbocycles. The van der Waals surface area contributed by atoms with Gasteiger partial charge in [0.25, 0.3) is 12.3 Å². The molecule has 0 aliphatic rings. The zero-order valence-corrected chi connectivity index (χ0v) is 11.4. The van der Waals surface area contributed by atoms with Crippen LogP contribution in [0.5, 0.6) is 0 Å². The van der Waals surface area contributed by atoms with Gasteiger partial charge in [-0.2, -0.15) is 0 Å². The molecule has 0 saturated carbocycles. The molecule has 21 heavy (non-hydrogen) atoms. The molecule has 0 spiro atoms. The van der Waals surface area contributed by atoms with Crippen molar-refractivity contribution in [1.29, 1.82) is 0 Å². The Morgan fingerprint density at radius 3 is 2.57 bits per heavy atom. The van der Waals surface area contributed by atoms with Gasteiger partial charge >= 0.3 is 0 Å². The SMILES string of the molecule is O=C(c1ccccc1C#CCCO)N(CCO)CC(F)F. The maximum absolute atomic E-state index is 12.5. The van der Waals surface area contributed by atoms with Crippen LogP contribution in [-0.4, -0.2) is 53.7 Å². The molecule has 4 nitrogen and oxygen atoms in total. The number of rotatable bonds is 6. The second-order valence-corrected chi connectivity index (χ2v) is 4.19. The molecular formula is C15H17F2NO3. The van der Waals surface area contributed by atoms with E-state index in [1.807, 2.05) is 0 Å². The first-order valence-electron chi connectivity index (χ1n) is 6.47. The van der Waals surface area contributed by atoms with Crippen LogP contribution in [-0.2, 0) is 0 Å². The van der Waals surface area contributed by atoms with Crippen LogP contribution in [0.25, 0.3) is 0 Å². The van der Waals surface area contributed by atoms with E-state index in [9.17, 15) is 13.6 Å². The van der Waals surface area contributed by atoms with E-state index in [4.69, 9.17) is 10.2 Å². The van der Waals surface area contributed by atoms with Gasteiger partial charge in [-0.05, 0) is 12.1 Å². The molecule has 0 bridgehead atoms. The lowest BCUT2D eigenvalue weighted by molar-refractivity contribution is 0.0509. The molecule has 6 heteroatoms. The Labute approximate surface area is 122 Å². The zero-order valence-electron chi connectivity index (χ0n) is 11.4. The molecule has 114 valence electrons. The predicted molar refractivity (Wildman–Crippen MR) is 74.0 cm³/mol. The molecule has 0 atom stereocenters. The molecule has 0 aliphatic heterocycles. The first kappa shape index (κ1) is 17.1. The second kappa shape index (κ2) is 9.06. The zero-order chi connectivity index (χ0) is 15.7. The summed E-state index contributed by atoms with van der Waals surface area (Å²) in [4.78, 5) is 13.2. The molecule has 0 aliphatic carbocycles. The summed E-state index contributed by atoms with van der Waals surface area (Å²) >= 11 is 0. The molecule has 1 rings (SSSR count). The van der Waals surface area contributed by atoms with Crippen molar-refractivity contribution >= 4 is 5.91 Å². The van der Waals surface area contributed by atoms with Gasteiger partial charge in [-0.25, -0.2) is 8.78 Å². The fraction of sp³-hybridized carbons (Fsp3) is 0.400. The minimum absolute atomic E-state index is 0.0921. The lowest BCUT2D eigenvalue weighted by atomic mass is 10.1. The first-order chi connectivity index (χ1) is 10.1. The van der Waals surface area contributed by atoms with Gasteiger partial charge in [0.2, 0.25) is 0 Å². The van der Waals surface area contributed by atoms with E-state index in [1.54, 1.807) is 18.2 Å². The summed E-state index contributed by atoms with van der Waals surface area (Å²) in [6.07, 6.45) is -2.41. The quantitative estimate of drug-likeness (QED) is 0.774. The van der Waals surface area contributed by atoms with Crippen LogP contribution in [0.2, 0.25) is 0 Å². The fourth-order valence-corrected chi connectivity index (χ4v) is 1.73. The van der Waals surface area contributed by atoms with Crippen LogP contribution < -0.4 is 0 Å². The van der Waals surface area contributed by atoms with Crippen molar-refractivity contribution in [2.75, 3.05) is 26.3 Å². The third kappa shape index (κ3) is 5.50. The van der Waals surface area contributed by atoms with Gasteiger partial charge in [0.05, 0.1) is 25.3 Å². The summed E-state index contributed by atoms with van der Waals surface area (Å²) in [7, 11) is 0. The number of hydrogen-bond acceptors (Lipinski definition) is 3. The summed E-state index contributed by atoms with van der Waals surface area (Å²) in [6, 6.07) is 6.41. The van der Waals surface area contributed by atoms with Crippen molar-refractivity contribution in [2.24, 2.45) is 0 Å². The standard InChI is InChI=1S/C15H17F2NO3/c16-14(17)11-18(8-10-20)15(21)13-7-2-1-5-12(13)6-3-4-9-19/h1-2,5,7,14,19-20H,4,8-11H2. The monoisotopic (exact) mass is 297 g/mol. The van der Waals surface area contributed by atoms with Crippen molar-refractivity contribution in [1.82, 2.24) is 4.90 Å². The van der Waals surface area contributed by atoms with Gasteiger partial charge in [-0.3, -0.25) is 4.79 Å². The normalized spacial score (nSPS) is 10.1. The Morgan fingerprint density at radius 2 is 1.95 bits per heavy atom. The number of aliphatic hydroxyl groups excluding tert-OH is 2. The Bertz CT molecular complexity index is 523. The van der Waals surface area contributed by atoms with E-state index in [1.165, 1.54) is 6.07 Å². The van der Waals surface area contributed by atoms with Gasteiger partial charge in [0.1, 0.15) is 0 Å². The topological polar surface area (TPSA) is 60.8 Å². The average molecular weight is 297 g/mol. The highest BCUT2D eigenvalue weighted by molar-refractivity contribution is 5.96. The van der Waals surface area contributed by atoms with Crippen LogP contribution in [0.1, 0.15) is 22.3 Å². The van der Waals surface area contributed by atoms with Gasteiger partial charge in [-0.15, -0.1) is 0 Å². The third-order valence-electron chi connectivity index (χ3n) is 2.63. The first-order valence-corrected chi connectivity index (χ1v) is 6.47. The average Bonchev–Trinajstić information content (AvgIpc) is 2.46. The molecule has 0 unspecified atom stereocenters. The van der Waals surface area contributed by atoms with E-state index in [0.717, 1.165) is 4.90 Å². The van der Waals surface area contributed by atoms with Crippen LogP contribution in [0.3, 0.4) is 0 Å². The molecule has 1 amide bonds. The summed E-state index contributed by atoms with van der Waals surface area (Å²) < 4.78 is 25.0. The molecule has 2 N–H and O–H groups in total. The van der Waals surface area contributed by atoms with Crippen LogP contribution in [0.15, 0.2) is 24.3 Å². The number of benzene rings is 1. The third-order valence-corrected chi connectivity index (χ3v) is 2.63. The Kier molecular flexibility index (Phi) is 7.37. The van der Waals surface area contributed by atoms with Crippen LogP contribution >= 0.6 is 0 Å². The number of carbonyl (C=O) groups excluding carboxylic acids is 1. The van der Waals surface area contributed by atoms with Gasteiger partial charge in [0, 0.05) is 18.5 Å². The van der Waals surface area contributed by atoms with Crippen molar-refractivity contribution < 1.29 is 23.8 Å². The smallest absolute Gasteiger partial charge is 0.255 e. The molecular weight excluding hydrogens is 280 g/mol. The highest BCUT2D eigenvalue weighted by Crippen LogP contribution is 2.12. The van der Waals surface area contributed by atoms with Crippen molar-refractivity contribution in [3.8, 4) is 11.8 Å². The molecule has 0 radical (unpaired) electrons. The fourth-order valence-electron chi connectivity index (χ4n) is 1.73. The van der Waals surface area contributed by atoms with E-state index in [-0.39, 0.29) is 25.1 Å². The summed E-state index contributed by atoms with van der Waals surface area (Å²) in [6.45, 7) is -1.39. The Hall–Kier alpha value is -1.97. The predicted octanol–water partition coefficient (Wildman–Crippen LogP) is 1.12. The maximum Gasteiger partial charge on any atom is 0.255 e. The maximum atomic E-state index is 12.5. The Balaban J connectivity index is 3.02. The van der Waals surface area contributed by atoms with E-state index >= 15 is 0 Å². The van der Waals surface area contributed by atoms with Crippen molar-refractivity contribution in [2.45, 2.75) is 12.8 Å². The number of carbonyl (C=O) groups is 1. The minimum atomic E-state index is -2.67. The van der Waals surface area contributed by atoms with Gasteiger partial charge in [0.15, 0.2) is 0 Å². The summed E-state index contributed by atoms with van der Waals surface area (Å²) in [5.74, 6) is 4.83. The highest BCUT2D eigenvalue weighted by Gasteiger charge is 2.20. The molecule has 1 aromatic rings. The minimum Gasteiger partial charge on any atom is -0.395 e. The number of hydrogen-bond donors (Lipinski definition) is 2. The largest absolute Gasteiger partial charge is 0.395 e. The van der Waals surface area contributed by atoms with Crippen LogP contribution in [0, 0.1) is 11.8 Å². The molecule has 0 aromatic heterocycles. The van der Waals surface area contributed by atoms with E-state index < -0.39 is 25.5 Å². The lowest BCUT2D eigenvalue weighted by Crippen LogP contribution is -2.37. The Morgan fingerprint density at radius 1 is 1.24 bits per heavy atom. The van der Waals surface area contributed by atoms with E-state index in [0.29, 0.717) is 5.56 Å². The van der Waals surface area contributed by atoms with Crippen molar-refractivity contribution in [3.63, 3.8) is 0 Å². The lowest BCUT2D eigenvalue weighted by Gasteiger charge is -2.21. The van der Waals surface area contributed by atoms with Gasteiger partial charge < -0.3 is 15.1 Å². The van der Waals surface area contributed by atoms with Gasteiger partial charge in [-0.1, -0.05) is 24.0 Å². The molecule has 0 saturated heterocycles. The van der Waals surface area contributed by atoms with E-state index in [2.05, 4.69) is 11.8 Å². The number of nitrogens with zero attached hydrogens (tertiary/aromatic N) is 1. The summed E-state index contributed by atoms with van der Waals surface area (Å²) in [5, 5.41) is 17.6. The number of aliphatic hydroxyl groups is 2. The highest BCUT2D eigenvalue weighted by atomic mass is 19.3. The second-order valence-electron chi connectivity index (χ2n) is 4.19. The molecule has 0 fully saturated rings. The number of halogens is 2. The van der Waals surface area contributed by atoms with Crippen molar-refractivity contribution in [3.05, 3.63) is 35.4 Å². The van der Waals surface area contributed by atoms with Crippen LogP contribution in [0.4, 0.5) is 8.78 Å². The number of alkyl halides is 2. The summed E-state index contributed by atoms with van der Waals surface area (Å²) in [5.41, 5.74) is 0.616. The number of amides is 1.